The highest BCUT2D eigenvalue weighted by Crippen LogP contribution is 2.28. The standard InChI is InChI=1S/C20H23N3OS/c1-14-6-7-16-15(11-14)12-17(22-16)20(24)21-13-18(19-5-4-10-25-19)23-8-2-3-9-23/h4-7,10-12,18,22H,2-3,8-9,13H2,1H3,(H,21,24)/t18-/m1/s1. The zero-order chi connectivity index (χ0) is 17.2. The summed E-state index contributed by atoms with van der Waals surface area (Å²) in [7, 11) is 0. The molecule has 1 aliphatic heterocycles. The summed E-state index contributed by atoms with van der Waals surface area (Å²) in [5, 5.41) is 6.33. The number of H-pyrrole nitrogens is 1. The third kappa shape index (κ3) is 3.48. The number of hydrogen-bond acceptors (Lipinski definition) is 3. The Bertz CT molecular complexity index is 862. The van der Waals surface area contributed by atoms with Crippen molar-refractivity contribution in [3.63, 3.8) is 0 Å². The SMILES string of the molecule is Cc1ccc2[nH]c(C(=O)NC[C@H](c3cccs3)N3CCCC3)cc2c1. The smallest absolute Gasteiger partial charge is 0.267 e. The molecular formula is C20H23N3OS. The molecule has 4 rings (SSSR count). The van der Waals surface area contributed by atoms with Crippen molar-refractivity contribution in [1.82, 2.24) is 15.2 Å². The molecule has 2 aromatic heterocycles. The molecule has 1 amide bonds. The fraction of sp³-hybridized carbons (Fsp3) is 0.350. The van der Waals surface area contributed by atoms with E-state index in [1.807, 2.05) is 12.1 Å². The quantitative estimate of drug-likeness (QED) is 0.725. The van der Waals surface area contributed by atoms with Crippen molar-refractivity contribution in [3.8, 4) is 0 Å². The molecule has 1 aromatic carbocycles. The molecule has 1 aliphatic rings. The number of carbonyl (C=O) groups is 1. The van der Waals surface area contributed by atoms with Gasteiger partial charge in [0, 0.05) is 22.3 Å². The number of nitrogens with one attached hydrogen (secondary N) is 2. The van der Waals surface area contributed by atoms with Gasteiger partial charge >= 0.3 is 0 Å². The van der Waals surface area contributed by atoms with Crippen LogP contribution in [-0.4, -0.2) is 35.4 Å². The molecule has 0 unspecified atom stereocenters. The predicted octanol–water partition coefficient (Wildman–Crippen LogP) is 4.10. The van der Waals surface area contributed by atoms with Crippen molar-refractivity contribution < 1.29 is 4.79 Å². The molecule has 1 saturated heterocycles. The van der Waals surface area contributed by atoms with Gasteiger partial charge in [0.25, 0.3) is 5.91 Å². The zero-order valence-electron chi connectivity index (χ0n) is 14.4. The van der Waals surface area contributed by atoms with Crippen LogP contribution in [0.1, 0.15) is 39.8 Å². The third-order valence-corrected chi connectivity index (χ3v) is 5.90. The van der Waals surface area contributed by atoms with Crippen LogP contribution in [0.25, 0.3) is 10.9 Å². The first kappa shape index (κ1) is 16.4. The van der Waals surface area contributed by atoms with Gasteiger partial charge in [-0.05, 0) is 62.5 Å². The maximum absolute atomic E-state index is 12.6. The van der Waals surface area contributed by atoms with Gasteiger partial charge in [-0.2, -0.15) is 0 Å². The monoisotopic (exact) mass is 353 g/mol. The fourth-order valence-electron chi connectivity index (χ4n) is 3.60. The Labute approximate surface area is 151 Å². The molecular weight excluding hydrogens is 330 g/mol. The van der Waals surface area contributed by atoms with E-state index in [0.717, 1.165) is 24.0 Å². The van der Waals surface area contributed by atoms with Gasteiger partial charge in [0.2, 0.25) is 0 Å². The molecule has 0 saturated carbocycles. The van der Waals surface area contributed by atoms with Crippen LogP contribution < -0.4 is 5.32 Å². The van der Waals surface area contributed by atoms with E-state index in [1.54, 1.807) is 11.3 Å². The summed E-state index contributed by atoms with van der Waals surface area (Å²) >= 11 is 1.77. The van der Waals surface area contributed by atoms with Gasteiger partial charge in [-0.25, -0.2) is 0 Å². The Balaban J connectivity index is 1.48. The number of aryl methyl sites for hydroxylation is 1. The van der Waals surface area contributed by atoms with Crippen LogP contribution in [0.15, 0.2) is 41.8 Å². The van der Waals surface area contributed by atoms with Crippen molar-refractivity contribution in [2.45, 2.75) is 25.8 Å². The molecule has 0 bridgehead atoms. The summed E-state index contributed by atoms with van der Waals surface area (Å²) in [6.07, 6.45) is 2.49. The number of carbonyl (C=O) groups excluding carboxylic acids is 1. The van der Waals surface area contributed by atoms with Crippen LogP contribution in [0.5, 0.6) is 0 Å². The topological polar surface area (TPSA) is 48.1 Å². The van der Waals surface area contributed by atoms with E-state index < -0.39 is 0 Å². The van der Waals surface area contributed by atoms with Gasteiger partial charge in [0.05, 0.1) is 6.04 Å². The van der Waals surface area contributed by atoms with Gasteiger partial charge in [0.1, 0.15) is 5.69 Å². The Morgan fingerprint density at radius 2 is 2.12 bits per heavy atom. The molecule has 0 aliphatic carbocycles. The van der Waals surface area contributed by atoms with E-state index in [4.69, 9.17) is 0 Å². The van der Waals surface area contributed by atoms with Crippen LogP contribution in [-0.2, 0) is 0 Å². The number of hydrogen-bond donors (Lipinski definition) is 2. The van der Waals surface area contributed by atoms with Gasteiger partial charge < -0.3 is 10.3 Å². The van der Waals surface area contributed by atoms with Crippen molar-refractivity contribution in [1.29, 1.82) is 0 Å². The van der Waals surface area contributed by atoms with E-state index in [9.17, 15) is 4.79 Å². The Morgan fingerprint density at radius 3 is 2.88 bits per heavy atom. The summed E-state index contributed by atoms with van der Waals surface area (Å²) < 4.78 is 0. The molecule has 2 N–H and O–H groups in total. The summed E-state index contributed by atoms with van der Waals surface area (Å²) in [4.78, 5) is 19.7. The number of benzene rings is 1. The molecule has 130 valence electrons. The number of aromatic nitrogens is 1. The summed E-state index contributed by atoms with van der Waals surface area (Å²) in [5.74, 6) is -0.0328. The highest BCUT2D eigenvalue weighted by atomic mass is 32.1. The van der Waals surface area contributed by atoms with Crippen molar-refractivity contribution >= 4 is 28.1 Å². The Hall–Kier alpha value is -2.11. The average molecular weight is 353 g/mol. The molecule has 5 heteroatoms. The number of fused-ring (bicyclic) bond motifs is 1. The molecule has 3 heterocycles. The number of aromatic amines is 1. The van der Waals surface area contributed by atoms with Crippen molar-refractivity contribution in [2.75, 3.05) is 19.6 Å². The van der Waals surface area contributed by atoms with E-state index >= 15 is 0 Å². The number of rotatable bonds is 5. The number of thiophene rings is 1. The summed E-state index contributed by atoms with van der Waals surface area (Å²) in [6, 6.07) is 12.7. The minimum atomic E-state index is -0.0328. The Kier molecular flexibility index (Phi) is 4.59. The van der Waals surface area contributed by atoms with Crippen LogP contribution in [0.4, 0.5) is 0 Å². The molecule has 3 aromatic rings. The average Bonchev–Trinajstić information content (AvgIpc) is 3.36. The lowest BCUT2D eigenvalue weighted by molar-refractivity contribution is 0.0934. The summed E-state index contributed by atoms with van der Waals surface area (Å²) in [5.41, 5.74) is 2.84. The second kappa shape index (κ2) is 7.02. The highest BCUT2D eigenvalue weighted by Gasteiger charge is 2.25. The molecule has 1 atom stereocenters. The minimum Gasteiger partial charge on any atom is -0.351 e. The minimum absolute atomic E-state index is 0.0328. The number of nitrogens with zero attached hydrogens (tertiary/aromatic N) is 1. The van der Waals surface area contributed by atoms with Gasteiger partial charge in [-0.15, -0.1) is 11.3 Å². The second-order valence-corrected chi connectivity index (χ2v) is 7.74. The lowest BCUT2D eigenvalue weighted by Gasteiger charge is -2.26. The largest absolute Gasteiger partial charge is 0.351 e. The molecule has 1 fully saturated rings. The van der Waals surface area contributed by atoms with Gasteiger partial charge in [0.15, 0.2) is 0 Å². The second-order valence-electron chi connectivity index (χ2n) is 6.76. The van der Waals surface area contributed by atoms with Crippen LogP contribution in [0, 0.1) is 6.92 Å². The molecule has 0 radical (unpaired) electrons. The Morgan fingerprint density at radius 1 is 1.28 bits per heavy atom. The van der Waals surface area contributed by atoms with E-state index in [2.05, 4.69) is 51.8 Å². The first-order valence-corrected chi connectivity index (χ1v) is 9.74. The molecule has 0 spiro atoms. The summed E-state index contributed by atoms with van der Waals surface area (Å²) in [6.45, 7) is 4.94. The first-order valence-electron chi connectivity index (χ1n) is 8.86. The van der Waals surface area contributed by atoms with Crippen molar-refractivity contribution in [3.05, 3.63) is 57.9 Å². The molecule has 25 heavy (non-hydrogen) atoms. The normalized spacial score (nSPS) is 16.4. The van der Waals surface area contributed by atoms with Crippen LogP contribution in [0.2, 0.25) is 0 Å². The molecule has 4 nitrogen and oxygen atoms in total. The lowest BCUT2D eigenvalue weighted by Crippen LogP contribution is -2.36. The van der Waals surface area contributed by atoms with Gasteiger partial charge in [-0.3, -0.25) is 9.69 Å². The maximum Gasteiger partial charge on any atom is 0.267 e. The highest BCUT2D eigenvalue weighted by molar-refractivity contribution is 7.10. The lowest BCUT2D eigenvalue weighted by atomic mass is 10.2. The van der Waals surface area contributed by atoms with Gasteiger partial charge in [-0.1, -0.05) is 17.7 Å². The number of likely N-dealkylation sites (tertiary alicyclic amines) is 1. The van der Waals surface area contributed by atoms with E-state index in [-0.39, 0.29) is 11.9 Å². The van der Waals surface area contributed by atoms with E-state index in [1.165, 1.54) is 23.3 Å². The first-order chi connectivity index (χ1) is 12.2. The maximum atomic E-state index is 12.6. The third-order valence-electron chi connectivity index (χ3n) is 4.93. The fourth-order valence-corrected chi connectivity index (χ4v) is 4.46. The van der Waals surface area contributed by atoms with E-state index in [0.29, 0.717) is 12.2 Å². The number of amides is 1. The zero-order valence-corrected chi connectivity index (χ0v) is 15.2. The van der Waals surface area contributed by atoms with Crippen LogP contribution in [0.3, 0.4) is 0 Å². The van der Waals surface area contributed by atoms with Crippen LogP contribution >= 0.6 is 11.3 Å². The van der Waals surface area contributed by atoms with Crippen molar-refractivity contribution in [2.24, 2.45) is 0 Å². The predicted molar refractivity (Wildman–Crippen MR) is 103 cm³/mol.